The van der Waals surface area contributed by atoms with Gasteiger partial charge in [0.25, 0.3) is 0 Å². The highest BCUT2D eigenvalue weighted by Crippen LogP contribution is 2.36. The second-order valence-electron chi connectivity index (χ2n) is 6.64. The lowest BCUT2D eigenvalue weighted by Gasteiger charge is -2.17. The van der Waals surface area contributed by atoms with Gasteiger partial charge >= 0.3 is 0 Å². The number of aromatic nitrogens is 4. The Morgan fingerprint density at radius 2 is 2.07 bits per heavy atom. The number of rotatable bonds is 8. The first kappa shape index (κ1) is 18.4. The fourth-order valence-corrected chi connectivity index (χ4v) is 3.94. The highest BCUT2D eigenvalue weighted by molar-refractivity contribution is 8.00. The largest absolute Gasteiger partial charge is 0.352 e. The summed E-state index contributed by atoms with van der Waals surface area (Å²) in [4.78, 5) is 17.1. The molecule has 3 aromatic rings. The fraction of sp³-hybridized carbons (Fsp3) is 0.238. The molecule has 1 amide bonds. The van der Waals surface area contributed by atoms with Gasteiger partial charge in [0.2, 0.25) is 5.91 Å². The van der Waals surface area contributed by atoms with Crippen molar-refractivity contribution in [3.63, 3.8) is 0 Å². The number of carbonyl (C=O) groups excluding carboxylic acids is 1. The standard InChI is InChI=1S/C21H21N5OS/c1-2-13-26-19(16-9-6-12-22-14-16)24-25-21(26)28-18(15-7-4-3-5-8-15)20(27)23-17-10-11-17/h2-9,12,14,17-18H,1,10-11,13H2,(H,23,27)/t18-/m1/s1. The predicted molar refractivity (Wildman–Crippen MR) is 110 cm³/mol. The maximum absolute atomic E-state index is 12.9. The molecule has 0 spiro atoms. The van der Waals surface area contributed by atoms with E-state index in [4.69, 9.17) is 0 Å². The van der Waals surface area contributed by atoms with Gasteiger partial charge in [-0.3, -0.25) is 14.3 Å². The Labute approximate surface area is 168 Å². The van der Waals surface area contributed by atoms with E-state index in [1.807, 2.05) is 47.0 Å². The molecule has 0 bridgehead atoms. The minimum atomic E-state index is -0.392. The summed E-state index contributed by atoms with van der Waals surface area (Å²) in [5.41, 5.74) is 1.82. The average Bonchev–Trinajstić information content (AvgIpc) is 3.46. The number of carbonyl (C=O) groups is 1. The lowest BCUT2D eigenvalue weighted by Crippen LogP contribution is -2.30. The van der Waals surface area contributed by atoms with Crippen LogP contribution < -0.4 is 5.32 Å². The van der Waals surface area contributed by atoms with Crippen LogP contribution in [0.4, 0.5) is 0 Å². The molecule has 4 rings (SSSR count). The number of hydrogen-bond donors (Lipinski definition) is 1. The first-order valence-electron chi connectivity index (χ1n) is 9.22. The summed E-state index contributed by atoms with van der Waals surface area (Å²) in [5.74, 6) is 0.722. The molecule has 0 saturated heterocycles. The van der Waals surface area contributed by atoms with E-state index in [1.54, 1.807) is 18.5 Å². The number of benzene rings is 1. The SMILES string of the molecule is C=CCn1c(S[C@@H](C(=O)NC2CC2)c2ccccc2)nnc1-c1cccnc1. The Bertz CT molecular complexity index is 953. The van der Waals surface area contributed by atoms with Gasteiger partial charge in [0.15, 0.2) is 11.0 Å². The van der Waals surface area contributed by atoms with E-state index in [1.165, 1.54) is 11.8 Å². The summed E-state index contributed by atoms with van der Waals surface area (Å²) in [5, 5.41) is 12.1. The Morgan fingerprint density at radius 3 is 2.75 bits per heavy atom. The number of thioether (sulfide) groups is 1. The predicted octanol–water partition coefficient (Wildman–Crippen LogP) is 3.64. The van der Waals surface area contributed by atoms with Gasteiger partial charge < -0.3 is 5.32 Å². The van der Waals surface area contributed by atoms with Crippen molar-refractivity contribution in [3.05, 3.63) is 73.1 Å². The molecule has 1 atom stereocenters. The van der Waals surface area contributed by atoms with Crippen LogP contribution in [0.3, 0.4) is 0 Å². The zero-order valence-electron chi connectivity index (χ0n) is 15.4. The van der Waals surface area contributed by atoms with Gasteiger partial charge in [-0.1, -0.05) is 48.2 Å². The monoisotopic (exact) mass is 391 g/mol. The first-order chi connectivity index (χ1) is 13.8. The molecule has 1 aromatic carbocycles. The van der Waals surface area contributed by atoms with E-state index in [0.717, 1.165) is 24.0 Å². The number of nitrogens with zero attached hydrogens (tertiary/aromatic N) is 4. The van der Waals surface area contributed by atoms with Gasteiger partial charge in [0.1, 0.15) is 5.25 Å². The normalized spacial score (nSPS) is 14.4. The van der Waals surface area contributed by atoms with Crippen LogP contribution in [-0.4, -0.2) is 31.7 Å². The van der Waals surface area contributed by atoms with E-state index >= 15 is 0 Å². The van der Waals surface area contributed by atoms with Crippen LogP contribution in [0.2, 0.25) is 0 Å². The third-order valence-electron chi connectivity index (χ3n) is 4.44. The molecule has 1 N–H and O–H groups in total. The number of amides is 1. The van der Waals surface area contributed by atoms with E-state index in [-0.39, 0.29) is 5.91 Å². The maximum atomic E-state index is 12.9. The summed E-state index contributed by atoms with van der Waals surface area (Å²) in [6, 6.07) is 13.9. The summed E-state index contributed by atoms with van der Waals surface area (Å²) >= 11 is 1.41. The van der Waals surface area contributed by atoms with Gasteiger partial charge in [-0.05, 0) is 30.5 Å². The van der Waals surface area contributed by atoms with Crippen molar-refractivity contribution in [2.45, 2.75) is 35.8 Å². The van der Waals surface area contributed by atoms with Crippen molar-refractivity contribution in [2.24, 2.45) is 0 Å². The third-order valence-corrected chi connectivity index (χ3v) is 5.67. The van der Waals surface area contributed by atoms with Crippen molar-refractivity contribution in [3.8, 4) is 11.4 Å². The molecule has 28 heavy (non-hydrogen) atoms. The lowest BCUT2D eigenvalue weighted by atomic mass is 10.1. The topological polar surface area (TPSA) is 72.7 Å². The van der Waals surface area contributed by atoms with Crippen LogP contribution in [-0.2, 0) is 11.3 Å². The van der Waals surface area contributed by atoms with Crippen molar-refractivity contribution in [2.75, 3.05) is 0 Å². The van der Waals surface area contributed by atoms with Crippen LogP contribution in [0.1, 0.15) is 23.7 Å². The van der Waals surface area contributed by atoms with E-state index in [9.17, 15) is 4.79 Å². The molecule has 1 aliphatic rings. The molecular formula is C21H21N5OS. The van der Waals surface area contributed by atoms with Crippen molar-refractivity contribution < 1.29 is 4.79 Å². The second kappa shape index (κ2) is 8.39. The quantitative estimate of drug-likeness (QED) is 0.469. The minimum absolute atomic E-state index is 0.00906. The molecule has 142 valence electrons. The van der Waals surface area contributed by atoms with Gasteiger partial charge in [-0.15, -0.1) is 16.8 Å². The Kier molecular flexibility index (Phi) is 5.53. The van der Waals surface area contributed by atoms with Crippen LogP contribution >= 0.6 is 11.8 Å². The van der Waals surface area contributed by atoms with Crippen LogP contribution in [0, 0.1) is 0 Å². The Morgan fingerprint density at radius 1 is 1.25 bits per heavy atom. The number of hydrogen-bond acceptors (Lipinski definition) is 5. The Balaban J connectivity index is 1.67. The number of nitrogens with one attached hydrogen (secondary N) is 1. The molecule has 2 aromatic heterocycles. The maximum Gasteiger partial charge on any atom is 0.238 e. The van der Waals surface area contributed by atoms with Crippen molar-refractivity contribution in [1.82, 2.24) is 25.1 Å². The van der Waals surface area contributed by atoms with Gasteiger partial charge in [-0.2, -0.15) is 0 Å². The zero-order valence-corrected chi connectivity index (χ0v) is 16.2. The average molecular weight is 392 g/mol. The second-order valence-corrected chi connectivity index (χ2v) is 7.71. The molecule has 1 saturated carbocycles. The van der Waals surface area contributed by atoms with Gasteiger partial charge in [0, 0.05) is 30.5 Å². The highest BCUT2D eigenvalue weighted by Gasteiger charge is 2.30. The summed E-state index contributed by atoms with van der Waals surface area (Å²) in [7, 11) is 0. The van der Waals surface area contributed by atoms with Crippen LogP contribution in [0.25, 0.3) is 11.4 Å². The summed E-state index contributed by atoms with van der Waals surface area (Å²) in [6.07, 6.45) is 7.38. The van der Waals surface area contributed by atoms with Crippen LogP contribution in [0.5, 0.6) is 0 Å². The third kappa shape index (κ3) is 4.14. The molecule has 1 aliphatic carbocycles. The van der Waals surface area contributed by atoms with Crippen molar-refractivity contribution in [1.29, 1.82) is 0 Å². The van der Waals surface area contributed by atoms with Crippen LogP contribution in [0.15, 0.2) is 72.7 Å². The zero-order chi connectivity index (χ0) is 19.3. The molecular weight excluding hydrogens is 370 g/mol. The highest BCUT2D eigenvalue weighted by atomic mass is 32.2. The van der Waals surface area contributed by atoms with E-state index in [2.05, 4.69) is 27.1 Å². The van der Waals surface area contributed by atoms with E-state index in [0.29, 0.717) is 23.6 Å². The van der Waals surface area contributed by atoms with E-state index < -0.39 is 5.25 Å². The number of pyridine rings is 1. The van der Waals surface area contributed by atoms with Gasteiger partial charge in [0.05, 0.1) is 0 Å². The molecule has 0 radical (unpaired) electrons. The van der Waals surface area contributed by atoms with Crippen molar-refractivity contribution >= 4 is 17.7 Å². The molecule has 2 heterocycles. The summed E-state index contributed by atoms with van der Waals surface area (Å²) in [6.45, 7) is 4.40. The first-order valence-corrected chi connectivity index (χ1v) is 10.1. The minimum Gasteiger partial charge on any atom is -0.352 e. The Hall–Kier alpha value is -2.93. The molecule has 7 heteroatoms. The fourth-order valence-electron chi connectivity index (χ4n) is 2.89. The molecule has 0 aliphatic heterocycles. The summed E-state index contributed by atoms with van der Waals surface area (Å²) < 4.78 is 1.97. The molecule has 1 fully saturated rings. The lowest BCUT2D eigenvalue weighted by molar-refractivity contribution is -0.120. The molecule has 6 nitrogen and oxygen atoms in total. The molecule has 0 unspecified atom stereocenters. The van der Waals surface area contributed by atoms with Gasteiger partial charge in [-0.25, -0.2) is 0 Å². The number of allylic oxidation sites excluding steroid dienone is 1. The smallest absolute Gasteiger partial charge is 0.238 e.